The van der Waals surface area contributed by atoms with Gasteiger partial charge in [-0.1, -0.05) is 6.92 Å². The van der Waals surface area contributed by atoms with Gasteiger partial charge in [0.2, 0.25) is 0 Å². The molecule has 2 aliphatic heterocycles. The van der Waals surface area contributed by atoms with Gasteiger partial charge in [-0.05, 0) is 38.0 Å². The van der Waals surface area contributed by atoms with Crippen molar-refractivity contribution in [3.05, 3.63) is 0 Å². The van der Waals surface area contributed by atoms with Gasteiger partial charge in [0.25, 0.3) is 0 Å². The van der Waals surface area contributed by atoms with E-state index < -0.39 is 5.97 Å². The van der Waals surface area contributed by atoms with Crippen LogP contribution in [0.4, 0.5) is 0 Å². The van der Waals surface area contributed by atoms with Crippen LogP contribution >= 0.6 is 0 Å². The molecule has 2 heterocycles. The van der Waals surface area contributed by atoms with Crippen LogP contribution in [0.5, 0.6) is 0 Å². The standard InChI is InChI=1S/C13H23NO3/c1-2-12(15)8-14-10-3-4-11(14)6-9(5-10)7-13(16)17/h9-12,15H,2-8H2,1H3,(H,16,17). The van der Waals surface area contributed by atoms with Gasteiger partial charge in [-0.2, -0.15) is 0 Å². The molecule has 0 aromatic heterocycles. The molecule has 0 aromatic carbocycles. The highest BCUT2D eigenvalue weighted by atomic mass is 16.4. The molecule has 2 saturated heterocycles. The summed E-state index contributed by atoms with van der Waals surface area (Å²) in [5.41, 5.74) is 0. The number of aliphatic carboxylic acids is 1. The maximum Gasteiger partial charge on any atom is 0.303 e. The lowest BCUT2D eigenvalue weighted by Gasteiger charge is -2.39. The van der Waals surface area contributed by atoms with Gasteiger partial charge < -0.3 is 10.2 Å². The Bertz CT molecular complexity index is 268. The lowest BCUT2D eigenvalue weighted by atomic mass is 9.88. The minimum Gasteiger partial charge on any atom is -0.481 e. The molecule has 3 atom stereocenters. The predicted molar refractivity (Wildman–Crippen MR) is 64.8 cm³/mol. The van der Waals surface area contributed by atoms with Crippen LogP contribution in [-0.2, 0) is 4.79 Å². The molecule has 17 heavy (non-hydrogen) atoms. The van der Waals surface area contributed by atoms with E-state index in [4.69, 9.17) is 5.11 Å². The van der Waals surface area contributed by atoms with Gasteiger partial charge in [-0.15, -0.1) is 0 Å². The Labute approximate surface area is 103 Å². The second-order valence-corrected chi connectivity index (χ2v) is 5.58. The molecule has 2 aliphatic rings. The molecule has 98 valence electrons. The summed E-state index contributed by atoms with van der Waals surface area (Å²) in [5, 5.41) is 18.6. The Balaban J connectivity index is 1.91. The van der Waals surface area contributed by atoms with Crippen molar-refractivity contribution in [1.82, 2.24) is 4.90 Å². The number of carboxylic acid groups (broad SMARTS) is 1. The number of aliphatic hydroxyl groups is 1. The second kappa shape index (κ2) is 5.36. The van der Waals surface area contributed by atoms with Crippen LogP contribution in [0, 0.1) is 5.92 Å². The first-order valence-electron chi connectivity index (χ1n) is 6.75. The first kappa shape index (κ1) is 12.8. The summed E-state index contributed by atoms with van der Waals surface area (Å²) in [6, 6.07) is 1.03. The highest BCUT2D eigenvalue weighted by molar-refractivity contribution is 5.67. The second-order valence-electron chi connectivity index (χ2n) is 5.58. The van der Waals surface area contributed by atoms with Crippen LogP contribution in [0.25, 0.3) is 0 Å². The molecule has 0 amide bonds. The van der Waals surface area contributed by atoms with Crippen molar-refractivity contribution < 1.29 is 15.0 Å². The molecular weight excluding hydrogens is 218 g/mol. The Morgan fingerprint density at radius 1 is 1.35 bits per heavy atom. The van der Waals surface area contributed by atoms with Crippen molar-refractivity contribution in [1.29, 1.82) is 0 Å². The fraction of sp³-hybridized carbons (Fsp3) is 0.923. The average Bonchev–Trinajstić information content (AvgIpc) is 2.50. The van der Waals surface area contributed by atoms with E-state index in [0.717, 1.165) is 25.8 Å². The van der Waals surface area contributed by atoms with Crippen LogP contribution in [0.2, 0.25) is 0 Å². The molecule has 3 unspecified atom stereocenters. The van der Waals surface area contributed by atoms with Crippen molar-refractivity contribution >= 4 is 5.97 Å². The number of piperidine rings is 1. The van der Waals surface area contributed by atoms with Gasteiger partial charge in [0.05, 0.1) is 6.10 Å². The van der Waals surface area contributed by atoms with E-state index in [1.165, 1.54) is 12.8 Å². The Kier molecular flexibility index (Phi) is 4.05. The minimum atomic E-state index is -0.670. The number of carbonyl (C=O) groups is 1. The number of hydrogen-bond donors (Lipinski definition) is 2. The molecule has 0 spiro atoms. The van der Waals surface area contributed by atoms with E-state index in [9.17, 15) is 9.90 Å². The lowest BCUT2D eigenvalue weighted by Crippen LogP contribution is -2.46. The maximum atomic E-state index is 10.8. The van der Waals surface area contributed by atoms with Gasteiger partial charge >= 0.3 is 5.97 Å². The normalized spacial score (nSPS) is 34.8. The van der Waals surface area contributed by atoms with Gasteiger partial charge in [0.15, 0.2) is 0 Å². The van der Waals surface area contributed by atoms with Crippen LogP contribution in [0.15, 0.2) is 0 Å². The van der Waals surface area contributed by atoms with Crippen molar-refractivity contribution in [2.45, 2.75) is 63.6 Å². The molecule has 4 nitrogen and oxygen atoms in total. The summed E-state index contributed by atoms with van der Waals surface area (Å²) in [6.07, 6.45) is 5.24. The number of fused-ring (bicyclic) bond motifs is 2. The summed E-state index contributed by atoms with van der Waals surface area (Å²) < 4.78 is 0. The Hall–Kier alpha value is -0.610. The quantitative estimate of drug-likeness (QED) is 0.765. The van der Waals surface area contributed by atoms with Crippen molar-refractivity contribution in [3.8, 4) is 0 Å². The SMILES string of the molecule is CCC(O)CN1C2CCC1CC(CC(=O)O)C2. The summed E-state index contributed by atoms with van der Waals surface area (Å²) in [5.74, 6) is -0.323. The first-order chi connectivity index (χ1) is 8.10. The highest BCUT2D eigenvalue weighted by Gasteiger charge is 2.41. The maximum absolute atomic E-state index is 10.8. The molecule has 2 rings (SSSR count). The fourth-order valence-corrected chi connectivity index (χ4v) is 3.47. The van der Waals surface area contributed by atoms with Crippen molar-refractivity contribution in [2.75, 3.05) is 6.54 Å². The summed E-state index contributed by atoms with van der Waals surface area (Å²) in [7, 11) is 0. The van der Waals surface area contributed by atoms with Crippen molar-refractivity contribution in [2.24, 2.45) is 5.92 Å². The summed E-state index contributed by atoms with van der Waals surface area (Å²) in [4.78, 5) is 13.2. The minimum absolute atomic E-state index is 0.228. The van der Waals surface area contributed by atoms with E-state index in [1.54, 1.807) is 0 Å². The molecule has 0 aliphatic carbocycles. The topological polar surface area (TPSA) is 60.8 Å². The number of nitrogens with zero attached hydrogens (tertiary/aromatic N) is 1. The van der Waals surface area contributed by atoms with Gasteiger partial charge in [0.1, 0.15) is 0 Å². The van der Waals surface area contributed by atoms with Gasteiger partial charge in [-0.25, -0.2) is 0 Å². The lowest BCUT2D eigenvalue weighted by molar-refractivity contribution is -0.138. The number of rotatable bonds is 5. The zero-order valence-corrected chi connectivity index (χ0v) is 10.5. The summed E-state index contributed by atoms with van der Waals surface area (Å²) in [6.45, 7) is 2.77. The Morgan fingerprint density at radius 2 is 1.94 bits per heavy atom. The summed E-state index contributed by atoms with van der Waals surface area (Å²) >= 11 is 0. The Morgan fingerprint density at radius 3 is 2.41 bits per heavy atom. The molecule has 2 bridgehead atoms. The van der Waals surface area contributed by atoms with E-state index in [-0.39, 0.29) is 6.10 Å². The number of aliphatic hydroxyl groups excluding tert-OH is 1. The van der Waals surface area contributed by atoms with Crippen LogP contribution < -0.4 is 0 Å². The van der Waals surface area contributed by atoms with E-state index in [2.05, 4.69) is 4.90 Å². The van der Waals surface area contributed by atoms with Gasteiger partial charge in [-0.3, -0.25) is 9.69 Å². The highest BCUT2D eigenvalue weighted by Crippen LogP contribution is 2.39. The van der Waals surface area contributed by atoms with Crippen molar-refractivity contribution in [3.63, 3.8) is 0 Å². The molecule has 0 radical (unpaired) electrons. The predicted octanol–water partition coefficient (Wildman–Crippen LogP) is 1.47. The number of hydrogen-bond acceptors (Lipinski definition) is 3. The third kappa shape index (κ3) is 2.99. The first-order valence-corrected chi connectivity index (χ1v) is 6.75. The third-order valence-electron chi connectivity index (χ3n) is 4.34. The molecule has 0 aromatic rings. The molecule has 2 fully saturated rings. The zero-order valence-electron chi connectivity index (χ0n) is 10.5. The van der Waals surface area contributed by atoms with Crippen LogP contribution in [0.3, 0.4) is 0 Å². The average molecular weight is 241 g/mol. The smallest absolute Gasteiger partial charge is 0.303 e. The molecular formula is C13H23NO3. The largest absolute Gasteiger partial charge is 0.481 e. The van der Waals surface area contributed by atoms with Crippen LogP contribution in [0.1, 0.15) is 45.4 Å². The fourth-order valence-electron chi connectivity index (χ4n) is 3.47. The van der Waals surface area contributed by atoms with E-state index in [1.807, 2.05) is 6.92 Å². The number of carboxylic acids is 1. The van der Waals surface area contributed by atoms with E-state index >= 15 is 0 Å². The zero-order chi connectivity index (χ0) is 12.4. The molecule has 0 saturated carbocycles. The van der Waals surface area contributed by atoms with Gasteiger partial charge in [0, 0.05) is 25.0 Å². The molecule has 4 heteroatoms. The van der Waals surface area contributed by atoms with E-state index in [0.29, 0.717) is 24.4 Å². The molecule has 2 N–H and O–H groups in total. The van der Waals surface area contributed by atoms with Crippen LogP contribution in [-0.4, -0.2) is 45.8 Å². The monoisotopic (exact) mass is 241 g/mol. The third-order valence-corrected chi connectivity index (χ3v) is 4.34.